The molecule has 3 rings (SSSR count). The molecule has 1 aliphatic rings. The predicted octanol–water partition coefficient (Wildman–Crippen LogP) is 3.15. The number of aromatic nitrogens is 1. The third-order valence-electron chi connectivity index (χ3n) is 3.86. The number of para-hydroxylation sites is 1. The first-order valence-electron chi connectivity index (χ1n) is 6.46. The standard InChI is InChI=1S/C15H17NO2/c1-18-14(17)9-10-5-4-8-13-15(10)11-6-2-3-7-12(11)16-13/h2-3,6-7,10,16H,4-5,8-9H2,1H3. The number of fused-ring (bicyclic) bond motifs is 3. The van der Waals surface area contributed by atoms with Gasteiger partial charge in [0.15, 0.2) is 0 Å². The zero-order chi connectivity index (χ0) is 12.5. The van der Waals surface area contributed by atoms with E-state index in [2.05, 4.69) is 23.2 Å². The molecule has 1 heterocycles. The van der Waals surface area contributed by atoms with Gasteiger partial charge in [0, 0.05) is 16.6 Å². The van der Waals surface area contributed by atoms with E-state index in [1.807, 2.05) is 6.07 Å². The summed E-state index contributed by atoms with van der Waals surface area (Å²) >= 11 is 0. The number of esters is 1. The zero-order valence-corrected chi connectivity index (χ0v) is 10.5. The maximum Gasteiger partial charge on any atom is 0.306 e. The smallest absolute Gasteiger partial charge is 0.306 e. The van der Waals surface area contributed by atoms with Crippen LogP contribution in [-0.2, 0) is 16.0 Å². The molecule has 1 unspecified atom stereocenters. The topological polar surface area (TPSA) is 42.1 Å². The van der Waals surface area contributed by atoms with E-state index in [4.69, 9.17) is 4.74 Å². The number of aromatic amines is 1. The van der Waals surface area contributed by atoms with Gasteiger partial charge in [0.25, 0.3) is 0 Å². The fourth-order valence-corrected chi connectivity index (χ4v) is 3.04. The molecule has 0 saturated heterocycles. The molecule has 1 aromatic carbocycles. The zero-order valence-electron chi connectivity index (χ0n) is 10.5. The van der Waals surface area contributed by atoms with E-state index >= 15 is 0 Å². The number of benzene rings is 1. The Morgan fingerprint density at radius 2 is 2.28 bits per heavy atom. The second-order valence-electron chi connectivity index (χ2n) is 4.93. The number of ether oxygens (including phenoxy) is 1. The van der Waals surface area contributed by atoms with Crippen LogP contribution in [0.4, 0.5) is 0 Å². The Bertz CT molecular complexity index is 585. The van der Waals surface area contributed by atoms with Gasteiger partial charge in [-0.05, 0) is 36.8 Å². The van der Waals surface area contributed by atoms with Crippen LogP contribution in [0.1, 0.15) is 36.4 Å². The van der Waals surface area contributed by atoms with Gasteiger partial charge < -0.3 is 9.72 Å². The fraction of sp³-hybridized carbons (Fsp3) is 0.400. The Morgan fingerprint density at radius 3 is 3.11 bits per heavy atom. The summed E-state index contributed by atoms with van der Waals surface area (Å²) in [5, 5.41) is 1.26. The van der Waals surface area contributed by atoms with E-state index in [1.165, 1.54) is 29.3 Å². The van der Waals surface area contributed by atoms with E-state index in [0.717, 1.165) is 19.3 Å². The van der Waals surface area contributed by atoms with E-state index in [9.17, 15) is 4.79 Å². The van der Waals surface area contributed by atoms with E-state index in [-0.39, 0.29) is 5.97 Å². The first-order valence-corrected chi connectivity index (χ1v) is 6.46. The molecular weight excluding hydrogens is 226 g/mol. The number of nitrogens with one attached hydrogen (secondary N) is 1. The van der Waals surface area contributed by atoms with Gasteiger partial charge in [-0.3, -0.25) is 4.79 Å². The first kappa shape index (κ1) is 11.3. The van der Waals surface area contributed by atoms with Crippen molar-refractivity contribution in [2.24, 2.45) is 0 Å². The highest BCUT2D eigenvalue weighted by atomic mass is 16.5. The third kappa shape index (κ3) is 1.80. The minimum absolute atomic E-state index is 0.113. The van der Waals surface area contributed by atoms with Crippen molar-refractivity contribution in [1.82, 2.24) is 4.98 Å². The summed E-state index contributed by atoms with van der Waals surface area (Å²) in [4.78, 5) is 15.0. The number of H-pyrrole nitrogens is 1. The van der Waals surface area contributed by atoms with Gasteiger partial charge >= 0.3 is 5.97 Å². The lowest BCUT2D eigenvalue weighted by molar-refractivity contribution is -0.141. The van der Waals surface area contributed by atoms with Crippen molar-refractivity contribution in [1.29, 1.82) is 0 Å². The minimum Gasteiger partial charge on any atom is -0.469 e. The Kier molecular flexibility index (Phi) is 2.82. The quantitative estimate of drug-likeness (QED) is 0.823. The monoisotopic (exact) mass is 243 g/mol. The molecule has 1 N–H and O–H groups in total. The number of aryl methyl sites for hydroxylation is 1. The molecule has 0 spiro atoms. The van der Waals surface area contributed by atoms with Gasteiger partial charge in [-0.25, -0.2) is 0 Å². The molecule has 1 atom stereocenters. The largest absolute Gasteiger partial charge is 0.469 e. The molecule has 0 amide bonds. The van der Waals surface area contributed by atoms with Gasteiger partial charge in [-0.2, -0.15) is 0 Å². The fourth-order valence-electron chi connectivity index (χ4n) is 3.04. The number of hydrogen-bond donors (Lipinski definition) is 1. The lowest BCUT2D eigenvalue weighted by atomic mass is 9.83. The third-order valence-corrected chi connectivity index (χ3v) is 3.86. The van der Waals surface area contributed by atoms with Gasteiger partial charge in [-0.15, -0.1) is 0 Å². The van der Waals surface area contributed by atoms with Crippen LogP contribution in [-0.4, -0.2) is 18.1 Å². The van der Waals surface area contributed by atoms with E-state index in [1.54, 1.807) is 0 Å². The molecule has 0 bridgehead atoms. The van der Waals surface area contributed by atoms with Crippen LogP contribution >= 0.6 is 0 Å². The van der Waals surface area contributed by atoms with Crippen LogP contribution in [0.25, 0.3) is 10.9 Å². The highest BCUT2D eigenvalue weighted by molar-refractivity contribution is 5.86. The summed E-state index contributed by atoms with van der Waals surface area (Å²) in [6.07, 6.45) is 3.79. The molecule has 0 aliphatic heterocycles. The SMILES string of the molecule is COC(=O)CC1CCCc2[nH]c3ccccc3c21. The molecular formula is C15H17NO2. The summed E-state index contributed by atoms with van der Waals surface area (Å²) in [5.41, 5.74) is 3.82. The summed E-state index contributed by atoms with van der Waals surface area (Å²) in [7, 11) is 1.46. The number of carbonyl (C=O) groups excluding carboxylic acids is 1. The molecule has 0 radical (unpaired) electrons. The normalized spacial score (nSPS) is 18.6. The van der Waals surface area contributed by atoms with E-state index < -0.39 is 0 Å². The number of methoxy groups -OCH3 is 1. The van der Waals surface area contributed by atoms with Gasteiger partial charge in [0.05, 0.1) is 13.5 Å². The lowest BCUT2D eigenvalue weighted by Crippen LogP contribution is -2.14. The van der Waals surface area contributed by atoms with Crippen LogP contribution < -0.4 is 0 Å². The van der Waals surface area contributed by atoms with E-state index in [0.29, 0.717) is 12.3 Å². The minimum atomic E-state index is -0.113. The lowest BCUT2D eigenvalue weighted by Gasteiger charge is -2.22. The summed E-state index contributed by atoms with van der Waals surface area (Å²) in [6.45, 7) is 0. The van der Waals surface area contributed by atoms with Crippen molar-refractivity contribution in [2.45, 2.75) is 31.6 Å². The maximum absolute atomic E-state index is 11.5. The Balaban J connectivity index is 2.05. The number of hydrogen-bond acceptors (Lipinski definition) is 2. The van der Waals surface area contributed by atoms with Crippen molar-refractivity contribution < 1.29 is 9.53 Å². The van der Waals surface area contributed by atoms with Crippen molar-refractivity contribution in [3.63, 3.8) is 0 Å². The Morgan fingerprint density at radius 1 is 1.44 bits per heavy atom. The van der Waals surface area contributed by atoms with Crippen molar-refractivity contribution in [3.8, 4) is 0 Å². The molecule has 0 saturated carbocycles. The molecule has 94 valence electrons. The van der Waals surface area contributed by atoms with Crippen molar-refractivity contribution >= 4 is 16.9 Å². The molecule has 2 aromatic rings. The number of rotatable bonds is 2. The van der Waals surface area contributed by atoms with Crippen LogP contribution in [0.2, 0.25) is 0 Å². The molecule has 3 heteroatoms. The Labute approximate surface area is 106 Å². The van der Waals surface area contributed by atoms with Crippen LogP contribution in [0.15, 0.2) is 24.3 Å². The Hall–Kier alpha value is -1.77. The van der Waals surface area contributed by atoms with Crippen LogP contribution in [0, 0.1) is 0 Å². The molecule has 1 aliphatic carbocycles. The highest BCUT2D eigenvalue weighted by Gasteiger charge is 2.26. The first-order chi connectivity index (χ1) is 8.79. The van der Waals surface area contributed by atoms with Crippen LogP contribution in [0.5, 0.6) is 0 Å². The summed E-state index contributed by atoms with van der Waals surface area (Å²) < 4.78 is 4.81. The number of carbonyl (C=O) groups is 1. The summed E-state index contributed by atoms with van der Waals surface area (Å²) in [6, 6.07) is 8.34. The predicted molar refractivity (Wildman–Crippen MR) is 70.6 cm³/mol. The molecule has 0 fully saturated rings. The van der Waals surface area contributed by atoms with Gasteiger partial charge in [-0.1, -0.05) is 18.2 Å². The molecule has 18 heavy (non-hydrogen) atoms. The van der Waals surface area contributed by atoms with Gasteiger partial charge in [0.1, 0.15) is 0 Å². The second kappa shape index (κ2) is 4.48. The highest BCUT2D eigenvalue weighted by Crippen LogP contribution is 2.38. The van der Waals surface area contributed by atoms with Crippen molar-refractivity contribution in [2.75, 3.05) is 7.11 Å². The average molecular weight is 243 g/mol. The summed E-state index contributed by atoms with van der Waals surface area (Å²) in [5.74, 6) is 0.190. The van der Waals surface area contributed by atoms with Gasteiger partial charge in [0.2, 0.25) is 0 Å². The average Bonchev–Trinajstić information content (AvgIpc) is 2.78. The van der Waals surface area contributed by atoms with Crippen molar-refractivity contribution in [3.05, 3.63) is 35.5 Å². The second-order valence-corrected chi connectivity index (χ2v) is 4.93. The maximum atomic E-state index is 11.5. The van der Waals surface area contributed by atoms with Crippen LogP contribution in [0.3, 0.4) is 0 Å². The molecule has 1 aromatic heterocycles. The molecule has 3 nitrogen and oxygen atoms in total.